The van der Waals surface area contributed by atoms with Gasteiger partial charge in [0.25, 0.3) is 0 Å². The summed E-state index contributed by atoms with van der Waals surface area (Å²) in [4.78, 5) is 0. The predicted octanol–water partition coefficient (Wildman–Crippen LogP) is 3.90. The van der Waals surface area contributed by atoms with Crippen molar-refractivity contribution in [2.24, 2.45) is 0 Å². The first-order valence-corrected chi connectivity index (χ1v) is 8.61. The Morgan fingerprint density at radius 1 is 1.19 bits per heavy atom. The van der Waals surface area contributed by atoms with Gasteiger partial charge in [0.1, 0.15) is 0 Å². The van der Waals surface area contributed by atoms with Crippen LogP contribution in [0.4, 0.5) is 0 Å². The van der Waals surface area contributed by atoms with Crippen LogP contribution >= 0.6 is 0 Å². The van der Waals surface area contributed by atoms with Gasteiger partial charge in [-0.25, -0.2) is 0 Å². The van der Waals surface area contributed by atoms with Crippen LogP contribution < -0.4 is 5.32 Å². The highest BCUT2D eigenvalue weighted by Crippen LogP contribution is 2.27. The van der Waals surface area contributed by atoms with Gasteiger partial charge in [0.05, 0.1) is 5.60 Å². The Labute approximate surface area is 130 Å². The van der Waals surface area contributed by atoms with Crippen LogP contribution in [0, 0.1) is 0 Å². The Hall–Kier alpha value is -0.860. The number of rotatable bonds is 8. The van der Waals surface area contributed by atoms with Crippen molar-refractivity contribution in [1.82, 2.24) is 5.32 Å². The second-order valence-electron chi connectivity index (χ2n) is 6.37. The molecule has 1 N–H and O–H groups in total. The first kappa shape index (κ1) is 16.5. The third kappa shape index (κ3) is 3.87. The summed E-state index contributed by atoms with van der Waals surface area (Å²) in [6.07, 6.45) is 5.92. The van der Waals surface area contributed by atoms with Gasteiger partial charge < -0.3 is 10.1 Å². The van der Waals surface area contributed by atoms with Crippen LogP contribution in [-0.2, 0) is 24.0 Å². The molecule has 0 aromatic heterocycles. The molecule has 2 rings (SSSR count). The number of fused-ring (bicyclic) bond motifs is 1. The highest BCUT2D eigenvalue weighted by Gasteiger charge is 2.32. The lowest BCUT2D eigenvalue weighted by Crippen LogP contribution is -2.51. The summed E-state index contributed by atoms with van der Waals surface area (Å²) in [7, 11) is 0. The molecule has 0 radical (unpaired) electrons. The maximum atomic E-state index is 6.10. The van der Waals surface area contributed by atoms with Crippen molar-refractivity contribution >= 4 is 0 Å². The number of aryl methyl sites for hydroxylation is 2. The highest BCUT2D eigenvalue weighted by molar-refractivity contribution is 5.35. The number of hydrogen-bond donors (Lipinski definition) is 1. The standard InChI is InChI=1S/C19H31NO/c1-5-19(4,21-7-3)18(20-6-2)14-15-11-12-16-9-8-10-17(16)13-15/h11-13,18,20H,5-10,14H2,1-4H3. The van der Waals surface area contributed by atoms with E-state index in [0.29, 0.717) is 6.04 Å². The number of ether oxygens (including phenoxy) is 1. The summed E-state index contributed by atoms with van der Waals surface area (Å²) in [6, 6.07) is 7.45. The molecule has 0 bridgehead atoms. The normalized spacial score (nSPS) is 18.3. The van der Waals surface area contributed by atoms with Crippen LogP contribution in [-0.4, -0.2) is 24.8 Å². The molecule has 118 valence electrons. The van der Waals surface area contributed by atoms with Crippen LogP contribution in [0.2, 0.25) is 0 Å². The van der Waals surface area contributed by atoms with Gasteiger partial charge in [0.15, 0.2) is 0 Å². The van der Waals surface area contributed by atoms with Gasteiger partial charge in [-0.3, -0.25) is 0 Å². The fourth-order valence-electron chi connectivity index (χ4n) is 3.52. The Kier molecular flexibility index (Phi) is 5.83. The van der Waals surface area contributed by atoms with Crippen molar-refractivity contribution in [1.29, 1.82) is 0 Å². The molecule has 0 fully saturated rings. The quantitative estimate of drug-likeness (QED) is 0.783. The van der Waals surface area contributed by atoms with Crippen molar-refractivity contribution in [2.75, 3.05) is 13.2 Å². The molecule has 0 aliphatic heterocycles. The minimum absolute atomic E-state index is 0.0935. The topological polar surface area (TPSA) is 21.3 Å². The van der Waals surface area contributed by atoms with Crippen LogP contribution in [0.15, 0.2) is 18.2 Å². The SMILES string of the molecule is CCNC(Cc1ccc2c(c1)CCC2)C(C)(CC)OCC. The van der Waals surface area contributed by atoms with Crippen LogP contribution in [0.1, 0.15) is 57.2 Å². The molecule has 0 saturated carbocycles. The minimum atomic E-state index is -0.0935. The summed E-state index contributed by atoms with van der Waals surface area (Å²) in [5, 5.41) is 3.65. The summed E-state index contributed by atoms with van der Waals surface area (Å²) in [5.74, 6) is 0. The molecule has 1 aromatic rings. The van der Waals surface area contributed by atoms with Gasteiger partial charge >= 0.3 is 0 Å². The van der Waals surface area contributed by atoms with Crippen LogP contribution in [0.5, 0.6) is 0 Å². The van der Waals surface area contributed by atoms with Gasteiger partial charge in [0.2, 0.25) is 0 Å². The molecule has 1 aromatic carbocycles. The molecule has 0 amide bonds. The molecule has 2 atom stereocenters. The average Bonchev–Trinajstić information content (AvgIpc) is 2.94. The molecule has 0 saturated heterocycles. The largest absolute Gasteiger partial charge is 0.374 e. The predicted molar refractivity (Wildman–Crippen MR) is 90.0 cm³/mol. The fourth-order valence-corrected chi connectivity index (χ4v) is 3.52. The Morgan fingerprint density at radius 3 is 2.62 bits per heavy atom. The Balaban J connectivity index is 2.15. The van der Waals surface area contributed by atoms with Crippen molar-refractivity contribution in [3.63, 3.8) is 0 Å². The molecule has 1 aliphatic rings. The van der Waals surface area contributed by atoms with E-state index < -0.39 is 0 Å². The molecule has 21 heavy (non-hydrogen) atoms. The molecule has 0 spiro atoms. The molecule has 1 aliphatic carbocycles. The number of benzene rings is 1. The van der Waals surface area contributed by atoms with E-state index in [1.165, 1.54) is 24.8 Å². The maximum absolute atomic E-state index is 6.10. The third-order valence-corrected chi connectivity index (χ3v) is 4.97. The number of likely N-dealkylation sites (N-methyl/N-ethyl adjacent to an activating group) is 1. The monoisotopic (exact) mass is 289 g/mol. The minimum Gasteiger partial charge on any atom is -0.374 e. The zero-order chi connectivity index (χ0) is 15.3. The fraction of sp³-hybridized carbons (Fsp3) is 0.684. The maximum Gasteiger partial charge on any atom is 0.0807 e. The van der Waals surface area contributed by atoms with Crippen molar-refractivity contribution in [3.05, 3.63) is 34.9 Å². The van der Waals surface area contributed by atoms with Gasteiger partial charge in [-0.05, 0) is 69.2 Å². The zero-order valence-corrected chi connectivity index (χ0v) is 14.2. The average molecular weight is 289 g/mol. The second-order valence-corrected chi connectivity index (χ2v) is 6.37. The molecule has 0 heterocycles. The van der Waals surface area contributed by atoms with Crippen molar-refractivity contribution in [3.8, 4) is 0 Å². The smallest absolute Gasteiger partial charge is 0.0807 e. The highest BCUT2D eigenvalue weighted by atomic mass is 16.5. The van der Waals surface area contributed by atoms with Crippen molar-refractivity contribution in [2.45, 2.75) is 71.4 Å². The van der Waals surface area contributed by atoms with E-state index in [9.17, 15) is 0 Å². The summed E-state index contributed by atoms with van der Waals surface area (Å²) in [5.41, 5.74) is 4.48. The van der Waals surface area contributed by atoms with Gasteiger partial charge in [-0.15, -0.1) is 0 Å². The first-order chi connectivity index (χ1) is 10.1. The van der Waals surface area contributed by atoms with Gasteiger partial charge in [0, 0.05) is 12.6 Å². The number of nitrogens with one attached hydrogen (secondary N) is 1. The Bertz CT molecular complexity index is 457. The summed E-state index contributed by atoms with van der Waals surface area (Å²) >= 11 is 0. The molecule has 2 unspecified atom stereocenters. The number of hydrogen-bond acceptors (Lipinski definition) is 2. The van der Waals surface area contributed by atoms with E-state index in [1.807, 2.05) is 0 Å². The molecule has 2 heteroatoms. The lowest BCUT2D eigenvalue weighted by Gasteiger charge is -2.37. The van der Waals surface area contributed by atoms with Crippen LogP contribution in [0.3, 0.4) is 0 Å². The Morgan fingerprint density at radius 2 is 1.95 bits per heavy atom. The van der Waals surface area contributed by atoms with E-state index in [0.717, 1.165) is 26.0 Å². The van der Waals surface area contributed by atoms with E-state index in [2.05, 4.69) is 51.2 Å². The molecular formula is C19H31NO. The second kappa shape index (κ2) is 7.42. The van der Waals surface area contributed by atoms with Crippen LogP contribution in [0.25, 0.3) is 0 Å². The molecule has 2 nitrogen and oxygen atoms in total. The van der Waals surface area contributed by atoms with Gasteiger partial charge in [-0.1, -0.05) is 32.0 Å². The molecular weight excluding hydrogens is 258 g/mol. The summed E-state index contributed by atoms with van der Waals surface area (Å²) in [6.45, 7) is 10.5. The van der Waals surface area contributed by atoms with Crippen molar-refractivity contribution < 1.29 is 4.74 Å². The van der Waals surface area contributed by atoms with E-state index in [4.69, 9.17) is 4.74 Å². The van der Waals surface area contributed by atoms with Gasteiger partial charge in [-0.2, -0.15) is 0 Å². The first-order valence-electron chi connectivity index (χ1n) is 8.61. The van der Waals surface area contributed by atoms with E-state index in [1.54, 1.807) is 11.1 Å². The lowest BCUT2D eigenvalue weighted by molar-refractivity contribution is -0.0546. The van der Waals surface area contributed by atoms with E-state index in [-0.39, 0.29) is 5.60 Å². The van der Waals surface area contributed by atoms with E-state index >= 15 is 0 Å². The summed E-state index contributed by atoms with van der Waals surface area (Å²) < 4.78 is 6.10. The third-order valence-electron chi connectivity index (χ3n) is 4.97. The lowest BCUT2D eigenvalue weighted by atomic mass is 9.87. The zero-order valence-electron chi connectivity index (χ0n) is 14.2.